The molecule has 0 bridgehead atoms. The summed E-state index contributed by atoms with van der Waals surface area (Å²) in [4.78, 5) is 0. The van der Waals surface area contributed by atoms with E-state index in [0.717, 1.165) is 6.42 Å². The summed E-state index contributed by atoms with van der Waals surface area (Å²) in [6, 6.07) is 11.8. The minimum atomic E-state index is -1.10. The van der Waals surface area contributed by atoms with Crippen molar-refractivity contribution < 1.29 is 22.6 Å². The Morgan fingerprint density at radius 2 is 1.61 bits per heavy atom. The number of halogens is 3. The molecule has 28 heavy (non-hydrogen) atoms. The number of ether oxygens (including phenoxy) is 2. The molecule has 0 radical (unpaired) electrons. The Kier molecular flexibility index (Phi) is 4.75. The van der Waals surface area contributed by atoms with E-state index in [2.05, 4.69) is 0 Å². The molecule has 0 spiro atoms. The number of benzene rings is 3. The molecule has 4 rings (SSSR count). The number of rotatable bonds is 4. The van der Waals surface area contributed by atoms with Crippen LogP contribution in [0, 0.1) is 17.5 Å². The van der Waals surface area contributed by atoms with Gasteiger partial charge in [-0.25, -0.2) is 8.78 Å². The molecule has 0 saturated heterocycles. The van der Waals surface area contributed by atoms with E-state index >= 15 is 0 Å². The fourth-order valence-corrected chi connectivity index (χ4v) is 3.54. The number of hydrogen-bond acceptors (Lipinski definition) is 2. The lowest BCUT2D eigenvalue weighted by atomic mass is 9.94. The third kappa shape index (κ3) is 3.01. The minimum absolute atomic E-state index is 0.00560. The van der Waals surface area contributed by atoms with E-state index in [4.69, 9.17) is 9.47 Å². The lowest BCUT2D eigenvalue weighted by Gasteiger charge is -2.23. The van der Waals surface area contributed by atoms with Gasteiger partial charge in [-0.2, -0.15) is 4.39 Å². The minimum Gasteiger partial charge on any atom is -0.497 e. The first-order valence-electron chi connectivity index (χ1n) is 9.16. The Bertz CT molecular complexity index is 1040. The van der Waals surface area contributed by atoms with Crippen LogP contribution in [0.25, 0.3) is 11.1 Å². The molecule has 144 valence electrons. The monoisotopic (exact) mass is 384 g/mol. The summed E-state index contributed by atoms with van der Waals surface area (Å²) >= 11 is 0. The number of aryl methyl sites for hydroxylation is 1. The molecule has 5 heteroatoms. The average Bonchev–Trinajstić information content (AvgIpc) is 2.72. The first-order chi connectivity index (χ1) is 13.5. The van der Waals surface area contributed by atoms with Gasteiger partial charge in [0.15, 0.2) is 23.1 Å². The number of fused-ring (bicyclic) bond motifs is 2. The van der Waals surface area contributed by atoms with Crippen LogP contribution in [0.5, 0.6) is 17.2 Å². The molecule has 0 amide bonds. The molecule has 0 fully saturated rings. The van der Waals surface area contributed by atoms with E-state index in [0.29, 0.717) is 34.4 Å². The first kappa shape index (κ1) is 18.4. The topological polar surface area (TPSA) is 18.5 Å². The van der Waals surface area contributed by atoms with Gasteiger partial charge >= 0.3 is 0 Å². The highest BCUT2D eigenvalue weighted by Crippen LogP contribution is 2.43. The molecule has 3 aromatic carbocycles. The number of methoxy groups -OCH3 is 1. The molecule has 2 nitrogen and oxygen atoms in total. The Labute approximate surface area is 161 Å². The van der Waals surface area contributed by atoms with Crippen LogP contribution in [0.15, 0.2) is 42.5 Å². The molecule has 3 aromatic rings. The highest BCUT2D eigenvalue weighted by atomic mass is 19.2. The van der Waals surface area contributed by atoms with Gasteiger partial charge in [-0.05, 0) is 35.7 Å². The maximum Gasteiger partial charge on any atom is 0.202 e. The van der Waals surface area contributed by atoms with Gasteiger partial charge in [0.25, 0.3) is 0 Å². The predicted octanol–water partition coefficient (Wildman–Crippen LogP) is 6.43. The van der Waals surface area contributed by atoms with Crippen molar-refractivity contribution in [2.75, 3.05) is 7.11 Å². The summed E-state index contributed by atoms with van der Waals surface area (Å²) in [6.45, 7) is 1.95. The average molecular weight is 384 g/mol. The molecular formula is C23H19F3O2. The summed E-state index contributed by atoms with van der Waals surface area (Å²) < 4.78 is 54.9. The van der Waals surface area contributed by atoms with Gasteiger partial charge in [-0.1, -0.05) is 37.6 Å². The highest BCUT2D eigenvalue weighted by molar-refractivity contribution is 5.69. The van der Waals surface area contributed by atoms with Gasteiger partial charge < -0.3 is 9.47 Å². The zero-order valence-corrected chi connectivity index (χ0v) is 15.6. The quantitative estimate of drug-likeness (QED) is 0.404. The molecular weight excluding hydrogens is 365 g/mol. The van der Waals surface area contributed by atoms with Crippen molar-refractivity contribution in [3.05, 3.63) is 76.6 Å². The molecule has 1 aliphatic heterocycles. The molecule has 0 atom stereocenters. The molecule has 0 aromatic heterocycles. The van der Waals surface area contributed by atoms with Crippen LogP contribution in [0.3, 0.4) is 0 Å². The van der Waals surface area contributed by atoms with Crippen molar-refractivity contribution in [2.24, 2.45) is 0 Å². The van der Waals surface area contributed by atoms with Crippen LogP contribution in [0.1, 0.15) is 30.0 Å². The van der Waals surface area contributed by atoms with Gasteiger partial charge in [-0.15, -0.1) is 0 Å². The van der Waals surface area contributed by atoms with Crippen molar-refractivity contribution in [2.45, 2.75) is 26.2 Å². The molecule has 0 aliphatic carbocycles. The molecule has 0 N–H and O–H groups in total. The van der Waals surface area contributed by atoms with E-state index in [1.165, 1.54) is 7.11 Å². The Morgan fingerprint density at radius 1 is 0.893 bits per heavy atom. The predicted molar refractivity (Wildman–Crippen MR) is 102 cm³/mol. The van der Waals surface area contributed by atoms with Crippen LogP contribution >= 0.6 is 0 Å². The summed E-state index contributed by atoms with van der Waals surface area (Å²) in [5, 5.41) is 0. The summed E-state index contributed by atoms with van der Waals surface area (Å²) in [6.07, 6.45) is 1.61. The van der Waals surface area contributed by atoms with Gasteiger partial charge in [0.1, 0.15) is 5.75 Å². The van der Waals surface area contributed by atoms with E-state index in [1.807, 2.05) is 6.92 Å². The van der Waals surface area contributed by atoms with Gasteiger partial charge in [0.05, 0.1) is 7.11 Å². The Morgan fingerprint density at radius 3 is 2.29 bits per heavy atom. The van der Waals surface area contributed by atoms with Gasteiger partial charge in [-0.3, -0.25) is 0 Å². The SMILES string of the molecule is CCCc1ccc2c(c1F)Oc1c(cc(-c3ccc(OC)cc3)c(F)c1F)C2. The maximum atomic E-state index is 14.8. The van der Waals surface area contributed by atoms with Crippen LogP contribution in [0.4, 0.5) is 13.2 Å². The Hall–Kier alpha value is -2.95. The summed E-state index contributed by atoms with van der Waals surface area (Å²) in [5.41, 5.74) is 2.28. The fraction of sp³-hybridized carbons (Fsp3) is 0.217. The second kappa shape index (κ2) is 7.23. The van der Waals surface area contributed by atoms with E-state index in [9.17, 15) is 13.2 Å². The van der Waals surface area contributed by atoms with Crippen molar-refractivity contribution >= 4 is 0 Å². The normalized spacial score (nSPS) is 12.2. The Balaban J connectivity index is 1.78. The molecule has 1 heterocycles. The van der Waals surface area contributed by atoms with E-state index in [-0.39, 0.29) is 23.5 Å². The zero-order chi connectivity index (χ0) is 19.8. The van der Waals surface area contributed by atoms with Crippen LogP contribution in [-0.2, 0) is 12.8 Å². The highest BCUT2D eigenvalue weighted by Gasteiger charge is 2.28. The largest absolute Gasteiger partial charge is 0.497 e. The number of hydrogen-bond donors (Lipinski definition) is 0. The third-order valence-electron chi connectivity index (χ3n) is 5.00. The van der Waals surface area contributed by atoms with Crippen LogP contribution in [0.2, 0.25) is 0 Å². The third-order valence-corrected chi connectivity index (χ3v) is 5.00. The van der Waals surface area contributed by atoms with Crippen molar-refractivity contribution in [3.8, 4) is 28.4 Å². The summed E-state index contributed by atoms with van der Waals surface area (Å²) in [7, 11) is 1.54. The van der Waals surface area contributed by atoms with Crippen molar-refractivity contribution in [1.29, 1.82) is 0 Å². The van der Waals surface area contributed by atoms with Crippen LogP contribution < -0.4 is 9.47 Å². The van der Waals surface area contributed by atoms with Gasteiger partial charge in [0, 0.05) is 23.1 Å². The van der Waals surface area contributed by atoms with Crippen molar-refractivity contribution in [1.82, 2.24) is 0 Å². The molecule has 0 unspecified atom stereocenters. The first-order valence-corrected chi connectivity index (χ1v) is 9.16. The standard InChI is InChI=1S/C23H19F3O2/c1-3-4-14-5-6-15-11-16-12-18(13-7-9-17(27-2)10-8-13)20(25)21(26)23(16)28-22(15)19(14)24/h5-10,12H,3-4,11H2,1-2H3. The lowest BCUT2D eigenvalue weighted by molar-refractivity contribution is 0.380. The zero-order valence-electron chi connectivity index (χ0n) is 15.6. The van der Waals surface area contributed by atoms with E-state index < -0.39 is 17.5 Å². The maximum absolute atomic E-state index is 14.8. The van der Waals surface area contributed by atoms with Crippen LogP contribution in [-0.4, -0.2) is 7.11 Å². The lowest BCUT2D eigenvalue weighted by Crippen LogP contribution is -2.10. The molecule has 1 aliphatic rings. The second-order valence-electron chi connectivity index (χ2n) is 6.82. The second-order valence-corrected chi connectivity index (χ2v) is 6.82. The van der Waals surface area contributed by atoms with Gasteiger partial charge in [0.2, 0.25) is 5.82 Å². The van der Waals surface area contributed by atoms with E-state index in [1.54, 1.807) is 42.5 Å². The summed E-state index contributed by atoms with van der Waals surface area (Å²) in [5.74, 6) is -2.24. The molecule has 0 saturated carbocycles. The van der Waals surface area contributed by atoms with Crippen molar-refractivity contribution in [3.63, 3.8) is 0 Å². The fourth-order valence-electron chi connectivity index (χ4n) is 3.54. The smallest absolute Gasteiger partial charge is 0.202 e.